The quantitative estimate of drug-likeness (QED) is 0.549. The second-order valence-electron chi connectivity index (χ2n) is 11.1. The van der Waals surface area contributed by atoms with Crippen LogP contribution in [-0.2, 0) is 11.8 Å². The number of nitrogens with zero attached hydrogens (tertiary/aromatic N) is 3. The lowest BCUT2D eigenvalue weighted by atomic mass is 9.70. The average molecular weight is 467 g/mol. The number of carbonyl (C=O) groups is 1. The summed E-state index contributed by atoms with van der Waals surface area (Å²) in [7, 11) is 0. The maximum Gasteiger partial charge on any atom is 0.195 e. The molecule has 2 heterocycles. The Balaban J connectivity index is 1.43. The molecule has 1 aliphatic heterocycles. The third-order valence-corrected chi connectivity index (χ3v) is 8.68. The molecule has 1 N–H and O–H groups in total. The maximum atomic E-state index is 13.9. The van der Waals surface area contributed by atoms with Crippen molar-refractivity contribution in [3.05, 3.63) is 63.8 Å². The van der Waals surface area contributed by atoms with Crippen LogP contribution in [-0.4, -0.2) is 47.9 Å². The van der Waals surface area contributed by atoms with Crippen molar-refractivity contribution in [3.63, 3.8) is 0 Å². The molecule has 35 heavy (non-hydrogen) atoms. The highest BCUT2D eigenvalue weighted by molar-refractivity contribution is 6.20. The number of hydrogen-bond acceptors (Lipinski definition) is 4. The van der Waals surface area contributed by atoms with Gasteiger partial charge in [-0.05, 0) is 54.7 Å². The number of ketones is 1. The Morgan fingerprint density at radius 3 is 2.54 bits per heavy atom. The number of nitriles is 1. The summed E-state index contributed by atoms with van der Waals surface area (Å²) in [4.78, 5) is 22.7. The molecule has 0 radical (unpaired) electrons. The molecule has 0 bridgehead atoms. The minimum atomic E-state index is -0.336. The Kier molecular flexibility index (Phi) is 5.27. The van der Waals surface area contributed by atoms with Crippen LogP contribution in [0.4, 0.5) is 5.69 Å². The molecule has 1 saturated heterocycles. The average Bonchev–Trinajstić information content (AvgIpc) is 3.22. The second-order valence-corrected chi connectivity index (χ2v) is 11.1. The molecular formula is C30H34N4O. The van der Waals surface area contributed by atoms with Crippen LogP contribution in [0.5, 0.6) is 0 Å². The first kappa shape index (κ1) is 22.4. The molecule has 180 valence electrons. The van der Waals surface area contributed by atoms with E-state index in [1.165, 1.54) is 30.5 Å². The molecule has 0 amide bonds. The van der Waals surface area contributed by atoms with Crippen LogP contribution in [0, 0.1) is 11.3 Å². The van der Waals surface area contributed by atoms with Crippen molar-refractivity contribution < 1.29 is 4.79 Å². The van der Waals surface area contributed by atoms with Gasteiger partial charge in [-0.1, -0.05) is 39.7 Å². The summed E-state index contributed by atoms with van der Waals surface area (Å²) in [6, 6.07) is 13.1. The summed E-state index contributed by atoms with van der Waals surface area (Å²) >= 11 is 0. The van der Waals surface area contributed by atoms with Crippen molar-refractivity contribution in [3.8, 4) is 6.07 Å². The number of aromatic amines is 1. The zero-order valence-electron chi connectivity index (χ0n) is 21.1. The van der Waals surface area contributed by atoms with E-state index in [-0.39, 0.29) is 11.2 Å². The van der Waals surface area contributed by atoms with Gasteiger partial charge in [-0.15, -0.1) is 0 Å². The van der Waals surface area contributed by atoms with E-state index in [0.29, 0.717) is 5.56 Å². The van der Waals surface area contributed by atoms with E-state index < -0.39 is 0 Å². The van der Waals surface area contributed by atoms with Gasteiger partial charge in [0.25, 0.3) is 0 Å². The Hall–Kier alpha value is -3.10. The molecule has 0 atom stereocenters. The number of benzene rings is 2. The molecule has 5 heteroatoms. The van der Waals surface area contributed by atoms with Crippen LogP contribution in [0.15, 0.2) is 30.3 Å². The topological polar surface area (TPSA) is 63.1 Å². The summed E-state index contributed by atoms with van der Waals surface area (Å²) in [5.74, 6) is 0.101. The predicted octanol–water partition coefficient (Wildman–Crippen LogP) is 5.54. The highest BCUT2D eigenvalue weighted by Crippen LogP contribution is 2.46. The number of piperazine rings is 1. The number of fused-ring (bicyclic) bond motifs is 4. The lowest BCUT2D eigenvalue weighted by molar-refractivity contribution is 0.103. The Bertz CT molecular complexity index is 1360. The third-order valence-electron chi connectivity index (χ3n) is 8.68. The zero-order valence-corrected chi connectivity index (χ0v) is 21.1. The summed E-state index contributed by atoms with van der Waals surface area (Å²) in [5, 5.41) is 10.3. The van der Waals surface area contributed by atoms with Crippen molar-refractivity contribution in [1.82, 2.24) is 9.88 Å². The van der Waals surface area contributed by atoms with Gasteiger partial charge in [-0.2, -0.15) is 5.26 Å². The fourth-order valence-corrected chi connectivity index (χ4v) is 6.42. The molecule has 0 unspecified atom stereocenters. The molecule has 1 aromatic heterocycles. The van der Waals surface area contributed by atoms with Crippen LogP contribution in [0.1, 0.15) is 84.8 Å². The van der Waals surface area contributed by atoms with E-state index >= 15 is 0 Å². The van der Waals surface area contributed by atoms with Gasteiger partial charge in [0.05, 0.1) is 17.2 Å². The van der Waals surface area contributed by atoms with Gasteiger partial charge in [-0.25, -0.2) is 0 Å². The predicted molar refractivity (Wildman–Crippen MR) is 140 cm³/mol. The molecule has 2 aliphatic carbocycles. The fraction of sp³-hybridized carbons (Fsp3) is 0.467. The SMILES string of the molecule is CCCc1cc2c(cc1N1CCN(C3CCC3)CC1)C(C)(C)c1[nH]c3cc(C#N)ccc3c1C2=O. The third kappa shape index (κ3) is 3.42. The standard InChI is InChI=1S/C30H34N4O/c1-4-6-20-16-23-24(17-26(20)34-13-11-33(12-14-34)21-7-5-8-21)30(2,3)29-27(28(23)35)22-10-9-19(18-31)15-25(22)32-29/h9-10,15-17,21,32H,4-8,11-14H2,1-3H3. The van der Waals surface area contributed by atoms with Gasteiger partial charge in [0.15, 0.2) is 5.78 Å². The molecule has 0 spiro atoms. The first-order valence-corrected chi connectivity index (χ1v) is 13.2. The molecule has 2 aromatic carbocycles. The van der Waals surface area contributed by atoms with Gasteiger partial charge in [0.1, 0.15) is 0 Å². The minimum Gasteiger partial charge on any atom is -0.369 e. The second kappa shape index (κ2) is 8.24. The van der Waals surface area contributed by atoms with Gasteiger partial charge in [-0.3, -0.25) is 9.69 Å². The summed E-state index contributed by atoms with van der Waals surface area (Å²) in [5.41, 5.74) is 7.42. The number of aromatic nitrogens is 1. The van der Waals surface area contributed by atoms with Crippen molar-refractivity contribution in [2.75, 3.05) is 31.1 Å². The molecular weight excluding hydrogens is 432 g/mol. The molecule has 1 saturated carbocycles. The lowest BCUT2D eigenvalue weighted by Gasteiger charge is -2.44. The van der Waals surface area contributed by atoms with E-state index in [0.717, 1.165) is 78.3 Å². The number of nitrogens with one attached hydrogen (secondary N) is 1. The highest BCUT2D eigenvalue weighted by atomic mass is 16.1. The van der Waals surface area contributed by atoms with E-state index in [9.17, 15) is 10.1 Å². The summed E-state index contributed by atoms with van der Waals surface area (Å²) < 4.78 is 0. The van der Waals surface area contributed by atoms with Crippen molar-refractivity contribution in [2.24, 2.45) is 0 Å². The summed E-state index contributed by atoms with van der Waals surface area (Å²) in [6.07, 6.45) is 6.14. The smallest absolute Gasteiger partial charge is 0.195 e. The number of anilines is 1. The molecule has 3 aromatic rings. The maximum absolute atomic E-state index is 13.9. The first-order valence-electron chi connectivity index (χ1n) is 13.2. The van der Waals surface area contributed by atoms with Crippen molar-refractivity contribution in [1.29, 1.82) is 5.26 Å². The van der Waals surface area contributed by atoms with Crippen LogP contribution in [0.25, 0.3) is 10.9 Å². The van der Waals surface area contributed by atoms with E-state index in [2.05, 4.69) is 53.8 Å². The lowest BCUT2D eigenvalue weighted by Crippen LogP contribution is -2.52. The Morgan fingerprint density at radius 1 is 1.11 bits per heavy atom. The largest absolute Gasteiger partial charge is 0.369 e. The number of aryl methyl sites for hydroxylation is 1. The zero-order chi connectivity index (χ0) is 24.3. The van der Waals surface area contributed by atoms with Gasteiger partial charge >= 0.3 is 0 Å². The molecule has 2 fully saturated rings. The van der Waals surface area contributed by atoms with Crippen LogP contribution in [0.2, 0.25) is 0 Å². The number of rotatable bonds is 4. The molecule has 3 aliphatic rings. The summed E-state index contributed by atoms with van der Waals surface area (Å²) in [6.45, 7) is 11.0. The fourth-order valence-electron chi connectivity index (χ4n) is 6.42. The molecule has 5 nitrogen and oxygen atoms in total. The minimum absolute atomic E-state index is 0.101. The van der Waals surface area contributed by atoms with Crippen LogP contribution in [0.3, 0.4) is 0 Å². The monoisotopic (exact) mass is 466 g/mol. The number of hydrogen-bond donors (Lipinski definition) is 1. The van der Waals surface area contributed by atoms with Crippen LogP contribution >= 0.6 is 0 Å². The van der Waals surface area contributed by atoms with E-state index in [1.807, 2.05) is 12.1 Å². The number of carbonyl (C=O) groups excluding carboxylic acids is 1. The van der Waals surface area contributed by atoms with Gasteiger partial charge < -0.3 is 9.88 Å². The van der Waals surface area contributed by atoms with Gasteiger partial charge in [0, 0.05) is 65.5 Å². The first-order chi connectivity index (χ1) is 16.9. The van der Waals surface area contributed by atoms with E-state index in [4.69, 9.17) is 0 Å². The Labute approximate surface area is 207 Å². The number of H-pyrrole nitrogens is 1. The normalized spacial score (nSPS) is 19.8. The van der Waals surface area contributed by atoms with Crippen LogP contribution < -0.4 is 4.90 Å². The van der Waals surface area contributed by atoms with E-state index in [1.54, 1.807) is 6.07 Å². The van der Waals surface area contributed by atoms with Crippen molar-refractivity contribution >= 4 is 22.4 Å². The van der Waals surface area contributed by atoms with Crippen molar-refractivity contribution in [2.45, 2.75) is 64.3 Å². The Morgan fingerprint density at radius 2 is 1.89 bits per heavy atom. The van der Waals surface area contributed by atoms with Gasteiger partial charge in [0.2, 0.25) is 0 Å². The highest BCUT2D eigenvalue weighted by Gasteiger charge is 2.41. The molecule has 6 rings (SSSR count).